The molecule has 0 aliphatic rings. The summed E-state index contributed by atoms with van der Waals surface area (Å²) < 4.78 is 29.4. The van der Waals surface area contributed by atoms with E-state index in [1.54, 1.807) is 39.0 Å². The number of sulfone groups is 1. The van der Waals surface area contributed by atoms with E-state index in [1.165, 1.54) is 0 Å². The van der Waals surface area contributed by atoms with Crippen LogP contribution in [0.4, 0.5) is 0 Å². The summed E-state index contributed by atoms with van der Waals surface area (Å²) in [4.78, 5) is 11.8. The van der Waals surface area contributed by atoms with E-state index in [4.69, 9.17) is 4.74 Å². The number of carbonyl (C=O) groups is 1. The van der Waals surface area contributed by atoms with Gasteiger partial charge in [-0.25, -0.2) is 8.42 Å². The van der Waals surface area contributed by atoms with Crippen LogP contribution in [0.15, 0.2) is 23.1 Å². The highest BCUT2D eigenvalue weighted by Crippen LogP contribution is 2.17. The number of benzene rings is 1. The van der Waals surface area contributed by atoms with Crippen LogP contribution in [0.1, 0.15) is 38.3 Å². The van der Waals surface area contributed by atoms with Crippen LogP contribution >= 0.6 is 0 Å². The molecule has 4 nitrogen and oxygen atoms in total. The average molecular weight is 298 g/mol. The third kappa shape index (κ3) is 4.96. The lowest BCUT2D eigenvalue weighted by Crippen LogP contribution is -2.25. The van der Waals surface area contributed by atoms with Crippen LogP contribution in [0, 0.1) is 13.8 Å². The Bertz CT molecular complexity index is 595. The van der Waals surface area contributed by atoms with E-state index in [1.807, 2.05) is 13.8 Å². The van der Waals surface area contributed by atoms with Crippen molar-refractivity contribution in [3.8, 4) is 0 Å². The molecule has 0 bridgehead atoms. The second-order valence-corrected chi connectivity index (χ2v) is 8.01. The van der Waals surface area contributed by atoms with Crippen molar-refractivity contribution >= 4 is 15.8 Å². The third-order valence-corrected chi connectivity index (χ3v) is 4.55. The summed E-state index contributed by atoms with van der Waals surface area (Å²) in [5, 5.41) is 0. The van der Waals surface area contributed by atoms with Gasteiger partial charge in [-0.3, -0.25) is 4.79 Å². The van der Waals surface area contributed by atoms with Crippen molar-refractivity contribution in [1.29, 1.82) is 0 Å². The van der Waals surface area contributed by atoms with E-state index in [9.17, 15) is 13.2 Å². The summed E-state index contributed by atoms with van der Waals surface area (Å²) in [6.07, 6.45) is -0.132. The first-order chi connectivity index (χ1) is 9.01. The van der Waals surface area contributed by atoms with Crippen molar-refractivity contribution in [1.82, 2.24) is 0 Å². The molecular weight excluding hydrogens is 276 g/mol. The van der Waals surface area contributed by atoms with Gasteiger partial charge in [0.2, 0.25) is 0 Å². The van der Waals surface area contributed by atoms with E-state index in [0.29, 0.717) is 0 Å². The maximum atomic E-state index is 12.2. The first-order valence-corrected chi connectivity index (χ1v) is 8.18. The minimum Gasteiger partial charge on any atom is -0.460 e. The van der Waals surface area contributed by atoms with E-state index < -0.39 is 21.4 Å². The number of aryl methyl sites for hydroxylation is 2. The molecule has 0 aliphatic heterocycles. The fourth-order valence-electron chi connectivity index (χ4n) is 1.64. The summed E-state index contributed by atoms with van der Waals surface area (Å²) in [7, 11) is -3.45. The van der Waals surface area contributed by atoms with Gasteiger partial charge in [-0.1, -0.05) is 6.07 Å². The lowest BCUT2D eigenvalue weighted by atomic mass is 10.1. The zero-order valence-corrected chi connectivity index (χ0v) is 13.5. The molecule has 0 atom stereocenters. The second kappa shape index (κ2) is 5.95. The van der Waals surface area contributed by atoms with Crippen LogP contribution in [-0.2, 0) is 19.4 Å². The van der Waals surface area contributed by atoms with Crippen molar-refractivity contribution < 1.29 is 17.9 Å². The zero-order chi connectivity index (χ0) is 15.6. The second-order valence-electron chi connectivity index (χ2n) is 5.90. The zero-order valence-electron chi connectivity index (χ0n) is 12.7. The van der Waals surface area contributed by atoms with Gasteiger partial charge in [0.1, 0.15) is 5.60 Å². The summed E-state index contributed by atoms with van der Waals surface area (Å²) in [6.45, 7) is 9.04. The van der Waals surface area contributed by atoms with Crippen LogP contribution in [0.5, 0.6) is 0 Å². The molecule has 0 fully saturated rings. The highest BCUT2D eigenvalue weighted by Gasteiger charge is 2.21. The Morgan fingerprint density at radius 3 is 2.25 bits per heavy atom. The van der Waals surface area contributed by atoms with Gasteiger partial charge in [0, 0.05) is 0 Å². The predicted molar refractivity (Wildman–Crippen MR) is 78.4 cm³/mol. The van der Waals surface area contributed by atoms with Crippen LogP contribution in [0.25, 0.3) is 0 Å². The SMILES string of the molecule is Cc1ccc(S(=O)(=O)CCC(=O)OC(C)(C)C)cc1C. The maximum Gasteiger partial charge on any atom is 0.307 e. The van der Waals surface area contributed by atoms with Gasteiger partial charge >= 0.3 is 5.97 Å². The van der Waals surface area contributed by atoms with Crippen LogP contribution in [0.2, 0.25) is 0 Å². The minimum absolute atomic E-state index is 0.132. The summed E-state index contributed by atoms with van der Waals surface area (Å²) in [5.74, 6) is -0.727. The largest absolute Gasteiger partial charge is 0.460 e. The molecule has 112 valence electrons. The van der Waals surface area contributed by atoms with Gasteiger partial charge in [0.15, 0.2) is 9.84 Å². The Hall–Kier alpha value is -1.36. The van der Waals surface area contributed by atoms with Crippen molar-refractivity contribution in [2.75, 3.05) is 5.75 Å². The Balaban J connectivity index is 2.76. The van der Waals surface area contributed by atoms with Crippen LogP contribution < -0.4 is 0 Å². The van der Waals surface area contributed by atoms with E-state index >= 15 is 0 Å². The number of carbonyl (C=O) groups excluding carboxylic acids is 1. The highest BCUT2D eigenvalue weighted by molar-refractivity contribution is 7.91. The molecule has 0 saturated heterocycles. The molecule has 0 N–H and O–H groups in total. The lowest BCUT2D eigenvalue weighted by Gasteiger charge is -2.19. The van der Waals surface area contributed by atoms with Gasteiger partial charge in [-0.2, -0.15) is 0 Å². The van der Waals surface area contributed by atoms with Crippen molar-refractivity contribution in [2.24, 2.45) is 0 Å². The molecule has 5 heteroatoms. The lowest BCUT2D eigenvalue weighted by molar-refractivity contribution is -0.154. The molecule has 1 aromatic carbocycles. The number of ether oxygens (including phenoxy) is 1. The van der Waals surface area contributed by atoms with Gasteiger partial charge in [0.25, 0.3) is 0 Å². The molecule has 0 unspecified atom stereocenters. The number of hydrogen-bond donors (Lipinski definition) is 0. The van der Waals surface area contributed by atoms with E-state index in [0.717, 1.165) is 11.1 Å². The van der Waals surface area contributed by atoms with Crippen LogP contribution in [0.3, 0.4) is 0 Å². The Labute approximate surface area is 121 Å². The molecule has 0 saturated carbocycles. The topological polar surface area (TPSA) is 60.4 Å². The Morgan fingerprint density at radius 2 is 1.75 bits per heavy atom. The van der Waals surface area contributed by atoms with Gasteiger partial charge in [-0.05, 0) is 57.9 Å². The molecule has 0 spiro atoms. The first kappa shape index (κ1) is 16.7. The molecule has 0 aromatic heterocycles. The summed E-state index contributed by atoms with van der Waals surface area (Å²) >= 11 is 0. The molecule has 20 heavy (non-hydrogen) atoms. The minimum atomic E-state index is -3.45. The Kier molecular flexibility index (Phi) is 4.97. The van der Waals surface area contributed by atoms with Gasteiger partial charge in [-0.15, -0.1) is 0 Å². The normalized spacial score (nSPS) is 12.2. The third-order valence-electron chi connectivity index (χ3n) is 2.83. The van der Waals surface area contributed by atoms with Crippen molar-refractivity contribution in [3.63, 3.8) is 0 Å². The van der Waals surface area contributed by atoms with Gasteiger partial charge in [0.05, 0.1) is 17.1 Å². The highest BCUT2D eigenvalue weighted by atomic mass is 32.2. The maximum absolute atomic E-state index is 12.2. The molecule has 0 aliphatic carbocycles. The van der Waals surface area contributed by atoms with Crippen LogP contribution in [-0.4, -0.2) is 25.7 Å². The fraction of sp³-hybridized carbons (Fsp3) is 0.533. The van der Waals surface area contributed by atoms with Gasteiger partial charge < -0.3 is 4.74 Å². The standard InChI is InChI=1S/C15H22O4S/c1-11-6-7-13(10-12(11)2)20(17,18)9-8-14(16)19-15(3,4)5/h6-7,10H,8-9H2,1-5H3. The summed E-state index contributed by atoms with van der Waals surface area (Å²) in [6, 6.07) is 4.99. The fourth-order valence-corrected chi connectivity index (χ4v) is 2.94. The summed E-state index contributed by atoms with van der Waals surface area (Å²) in [5.41, 5.74) is 1.36. The monoisotopic (exact) mass is 298 g/mol. The van der Waals surface area contributed by atoms with Crippen molar-refractivity contribution in [3.05, 3.63) is 29.3 Å². The number of hydrogen-bond acceptors (Lipinski definition) is 4. The molecule has 1 rings (SSSR count). The van der Waals surface area contributed by atoms with Crippen molar-refractivity contribution in [2.45, 2.75) is 51.5 Å². The predicted octanol–water partition coefficient (Wildman–Crippen LogP) is 2.81. The quantitative estimate of drug-likeness (QED) is 0.802. The molecule has 1 aromatic rings. The molecule has 0 radical (unpaired) electrons. The molecule has 0 amide bonds. The Morgan fingerprint density at radius 1 is 1.15 bits per heavy atom. The first-order valence-electron chi connectivity index (χ1n) is 6.53. The number of rotatable bonds is 4. The van der Waals surface area contributed by atoms with E-state index in [-0.39, 0.29) is 17.1 Å². The average Bonchev–Trinajstić information content (AvgIpc) is 2.28. The number of esters is 1. The molecule has 0 heterocycles. The smallest absolute Gasteiger partial charge is 0.307 e. The van der Waals surface area contributed by atoms with E-state index in [2.05, 4.69) is 0 Å². The molecular formula is C15H22O4S.